The van der Waals surface area contributed by atoms with Gasteiger partial charge in [-0.1, -0.05) is 11.2 Å². The van der Waals surface area contributed by atoms with Crippen LogP contribution in [0.2, 0.25) is 0 Å². The van der Waals surface area contributed by atoms with Crippen LogP contribution in [0.4, 0.5) is 0 Å². The highest BCUT2D eigenvalue weighted by Crippen LogP contribution is 2.11. The van der Waals surface area contributed by atoms with Crippen LogP contribution in [-0.4, -0.2) is 22.2 Å². The van der Waals surface area contributed by atoms with Gasteiger partial charge in [-0.2, -0.15) is 5.48 Å². The highest BCUT2D eigenvalue weighted by atomic mass is 32.1. The van der Waals surface area contributed by atoms with E-state index in [4.69, 9.17) is 10.4 Å². The molecule has 1 rings (SSSR count). The minimum absolute atomic E-state index is 0.367. The Morgan fingerprint density at radius 2 is 2.50 bits per heavy atom. The molecule has 0 unspecified atom stereocenters. The van der Waals surface area contributed by atoms with E-state index in [-0.39, 0.29) is 6.04 Å². The van der Waals surface area contributed by atoms with Crippen molar-refractivity contribution in [1.82, 2.24) is 5.48 Å². The molecule has 1 aromatic rings. The van der Waals surface area contributed by atoms with Crippen molar-refractivity contribution in [3.8, 4) is 0 Å². The average Bonchev–Trinajstić information content (AvgIpc) is 2.58. The molecular formula is C7H10N2O2S. The monoisotopic (exact) mass is 186 g/mol. The number of hydrogen-bond donors (Lipinski definition) is 3. The molecule has 0 aliphatic rings. The number of nitrogens with one attached hydrogen (secondary N) is 1. The van der Waals surface area contributed by atoms with Crippen molar-refractivity contribution in [2.75, 3.05) is 0 Å². The standard InChI is InChI=1S/C7H10N2O2S/c1-5(8-10)7(9-11)6-3-2-4-12-6/h2-5,8,10-11H,1H3/b9-7+/t5-/m0/s1. The molecular weight excluding hydrogens is 176 g/mol. The molecule has 5 heteroatoms. The fraction of sp³-hybridized carbons (Fsp3) is 0.286. The van der Waals surface area contributed by atoms with E-state index in [2.05, 4.69) is 5.16 Å². The minimum atomic E-state index is -0.367. The van der Waals surface area contributed by atoms with E-state index in [1.54, 1.807) is 6.92 Å². The summed E-state index contributed by atoms with van der Waals surface area (Å²) in [6, 6.07) is 3.32. The molecule has 0 saturated heterocycles. The molecule has 0 spiro atoms. The van der Waals surface area contributed by atoms with Crippen molar-refractivity contribution in [1.29, 1.82) is 0 Å². The van der Waals surface area contributed by atoms with Crippen LogP contribution in [0.15, 0.2) is 22.7 Å². The van der Waals surface area contributed by atoms with Gasteiger partial charge in [-0.15, -0.1) is 11.3 Å². The summed E-state index contributed by atoms with van der Waals surface area (Å²) in [6.45, 7) is 1.70. The number of hydroxylamine groups is 1. The number of rotatable bonds is 3. The minimum Gasteiger partial charge on any atom is -0.411 e. The van der Waals surface area contributed by atoms with Crippen LogP contribution in [0, 0.1) is 0 Å². The predicted molar refractivity (Wildman–Crippen MR) is 47.0 cm³/mol. The van der Waals surface area contributed by atoms with Crippen molar-refractivity contribution < 1.29 is 10.4 Å². The Labute approximate surface area is 74.1 Å². The molecule has 0 aromatic carbocycles. The number of oxime groups is 1. The van der Waals surface area contributed by atoms with Crippen molar-refractivity contribution in [2.45, 2.75) is 13.0 Å². The quantitative estimate of drug-likeness (QED) is 0.378. The van der Waals surface area contributed by atoms with Gasteiger partial charge in [-0.05, 0) is 18.4 Å². The second-order valence-electron chi connectivity index (χ2n) is 2.31. The molecule has 0 amide bonds. The number of hydrogen-bond acceptors (Lipinski definition) is 5. The third-order valence-corrected chi connectivity index (χ3v) is 2.38. The van der Waals surface area contributed by atoms with Crippen molar-refractivity contribution in [3.63, 3.8) is 0 Å². The first-order valence-corrected chi connectivity index (χ1v) is 4.33. The Bertz CT molecular complexity index is 258. The molecule has 1 atom stereocenters. The van der Waals surface area contributed by atoms with Crippen molar-refractivity contribution in [3.05, 3.63) is 22.4 Å². The van der Waals surface area contributed by atoms with Gasteiger partial charge in [0.05, 0.1) is 10.9 Å². The largest absolute Gasteiger partial charge is 0.411 e. The van der Waals surface area contributed by atoms with Gasteiger partial charge in [0.25, 0.3) is 0 Å². The first-order valence-electron chi connectivity index (χ1n) is 3.45. The van der Waals surface area contributed by atoms with Gasteiger partial charge in [0.15, 0.2) is 0 Å². The Morgan fingerprint density at radius 1 is 1.75 bits per heavy atom. The van der Waals surface area contributed by atoms with E-state index in [1.807, 2.05) is 23.0 Å². The third-order valence-electron chi connectivity index (χ3n) is 1.49. The Hall–Kier alpha value is -0.910. The molecule has 0 saturated carbocycles. The summed E-state index contributed by atoms with van der Waals surface area (Å²) in [5.41, 5.74) is 2.46. The first kappa shape index (κ1) is 9.18. The molecule has 12 heavy (non-hydrogen) atoms. The van der Waals surface area contributed by atoms with E-state index < -0.39 is 0 Å². The normalized spacial score (nSPS) is 14.7. The Balaban J connectivity index is 2.85. The van der Waals surface area contributed by atoms with Crippen LogP contribution in [0.5, 0.6) is 0 Å². The van der Waals surface area contributed by atoms with Crippen LogP contribution >= 0.6 is 11.3 Å². The van der Waals surface area contributed by atoms with Crippen LogP contribution in [-0.2, 0) is 0 Å². The van der Waals surface area contributed by atoms with Gasteiger partial charge < -0.3 is 10.4 Å². The van der Waals surface area contributed by atoms with Gasteiger partial charge in [-0.25, -0.2) is 0 Å². The molecule has 0 aliphatic heterocycles. The SMILES string of the molecule is C[C@H](NO)/C(=N\O)c1cccs1. The van der Waals surface area contributed by atoms with Crippen molar-refractivity contribution in [2.24, 2.45) is 5.16 Å². The fourth-order valence-electron chi connectivity index (χ4n) is 0.835. The van der Waals surface area contributed by atoms with Crippen LogP contribution < -0.4 is 5.48 Å². The van der Waals surface area contributed by atoms with E-state index in [0.717, 1.165) is 4.88 Å². The maximum absolute atomic E-state index is 8.64. The highest BCUT2D eigenvalue weighted by molar-refractivity contribution is 7.12. The molecule has 0 aliphatic carbocycles. The van der Waals surface area contributed by atoms with E-state index >= 15 is 0 Å². The maximum Gasteiger partial charge on any atom is 0.116 e. The van der Waals surface area contributed by atoms with E-state index in [0.29, 0.717) is 5.71 Å². The Morgan fingerprint density at radius 3 is 2.92 bits per heavy atom. The fourth-order valence-corrected chi connectivity index (χ4v) is 1.63. The summed E-state index contributed by atoms with van der Waals surface area (Å²) in [5, 5.41) is 22.2. The van der Waals surface area contributed by atoms with E-state index in [1.165, 1.54) is 11.3 Å². The van der Waals surface area contributed by atoms with Crippen LogP contribution in [0.3, 0.4) is 0 Å². The smallest absolute Gasteiger partial charge is 0.116 e. The second-order valence-corrected chi connectivity index (χ2v) is 3.26. The molecule has 0 bridgehead atoms. The maximum atomic E-state index is 8.64. The summed E-state index contributed by atoms with van der Waals surface area (Å²) in [6.07, 6.45) is 0. The topological polar surface area (TPSA) is 64.8 Å². The van der Waals surface area contributed by atoms with Crippen LogP contribution in [0.25, 0.3) is 0 Å². The lowest BCUT2D eigenvalue weighted by Gasteiger charge is -2.08. The van der Waals surface area contributed by atoms with Crippen LogP contribution in [0.1, 0.15) is 11.8 Å². The molecule has 3 N–H and O–H groups in total. The lowest BCUT2D eigenvalue weighted by atomic mass is 10.2. The predicted octanol–water partition coefficient (Wildman–Crippen LogP) is 1.29. The zero-order valence-electron chi connectivity index (χ0n) is 6.56. The summed E-state index contributed by atoms with van der Waals surface area (Å²) >= 11 is 1.46. The highest BCUT2D eigenvalue weighted by Gasteiger charge is 2.12. The van der Waals surface area contributed by atoms with Gasteiger partial charge >= 0.3 is 0 Å². The summed E-state index contributed by atoms with van der Waals surface area (Å²) in [5.74, 6) is 0. The van der Waals surface area contributed by atoms with Gasteiger partial charge in [0, 0.05) is 0 Å². The zero-order valence-corrected chi connectivity index (χ0v) is 7.38. The van der Waals surface area contributed by atoms with Gasteiger partial charge in [0.1, 0.15) is 5.71 Å². The zero-order chi connectivity index (χ0) is 8.97. The third kappa shape index (κ3) is 1.82. The molecule has 1 aromatic heterocycles. The Kier molecular flexibility index (Phi) is 3.21. The lowest BCUT2D eigenvalue weighted by molar-refractivity contribution is 0.154. The van der Waals surface area contributed by atoms with Crippen molar-refractivity contribution >= 4 is 17.0 Å². The lowest BCUT2D eigenvalue weighted by Crippen LogP contribution is -2.31. The number of thiophene rings is 1. The molecule has 0 radical (unpaired) electrons. The average molecular weight is 186 g/mol. The van der Waals surface area contributed by atoms with Gasteiger partial charge in [0.2, 0.25) is 0 Å². The second kappa shape index (κ2) is 4.20. The molecule has 4 nitrogen and oxygen atoms in total. The molecule has 66 valence electrons. The van der Waals surface area contributed by atoms with E-state index in [9.17, 15) is 0 Å². The summed E-state index contributed by atoms with van der Waals surface area (Å²) in [7, 11) is 0. The number of nitrogens with zero attached hydrogens (tertiary/aromatic N) is 1. The summed E-state index contributed by atoms with van der Waals surface area (Å²) in [4.78, 5) is 0.839. The summed E-state index contributed by atoms with van der Waals surface area (Å²) < 4.78 is 0. The first-order chi connectivity index (χ1) is 5.79. The molecule has 0 fully saturated rings. The van der Waals surface area contributed by atoms with Gasteiger partial charge in [-0.3, -0.25) is 0 Å². The molecule has 1 heterocycles.